The quantitative estimate of drug-likeness (QED) is 0.890. The molecular weight excluding hydrogens is 284 g/mol. The van der Waals surface area contributed by atoms with Gasteiger partial charge in [0.25, 0.3) is 10.2 Å². The number of thiophene rings is 1. The Morgan fingerprint density at radius 3 is 2.68 bits per heavy atom. The number of nitrogens with zero attached hydrogens (tertiary/aromatic N) is 1. The van der Waals surface area contributed by atoms with E-state index in [2.05, 4.69) is 4.72 Å². The lowest BCUT2D eigenvalue weighted by Gasteiger charge is -2.34. The van der Waals surface area contributed by atoms with Crippen molar-refractivity contribution in [2.45, 2.75) is 32.5 Å². The number of morpholine rings is 1. The van der Waals surface area contributed by atoms with E-state index in [1.165, 1.54) is 9.18 Å². The van der Waals surface area contributed by atoms with E-state index < -0.39 is 10.2 Å². The van der Waals surface area contributed by atoms with Crippen molar-refractivity contribution in [1.29, 1.82) is 0 Å². The van der Waals surface area contributed by atoms with E-state index in [-0.39, 0.29) is 12.2 Å². The molecule has 0 spiro atoms. The molecule has 1 aromatic heterocycles. The Labute approximate surface area is 118 Å². The summed E-state index contributed by atoms with van der Waals surface area (Å²) in [6.45, 7) is 5.05. The summed E-state index contributed by atoms with van der Waals surface area (Å²) in [5.41, 5.74) is 0. The summed E-state index contributed by atoms with van der Waals surface area (Å²) in [5, 5.41) is 2.00. The van der Waals surface area contributed by atoms with Crippen LogP contribution in [0.5, 0.6) is 0 Å². The Balaban J connectivity index is 1.87. The molecule has 1 fully saturated rings. The van der Waals surface area contributed by atoms with E-state index in [0.717, 1.165) is 6.42 Å². The van der Waals surface area contributed by atoms with Crippen molar-refractivity contribution < 1.29 is 13.2 Å². The van der Waals surface area contributed by atoms with Crippen molar-refractivity contribution in [2.24, 2.45) is 0 Å². The predicted molar refractivity (Wildman–Crippen MR) is 76.5 cm³/mol. The van der Waals surface area contributed by atoms with Crippen LogP contribution in [0.1, 0.15) is 18.7 Å². The Kier molecular flexibility index (Phi) is 4.97. The largest absolute Gasteiger partial charge is 0.373 e. The standard InChI is InChI=1S/C12H20N2O3S2/c1-10-8-14(9-11(2)17-10)19(15,16)13-6-5-12-4-3-7-18-12/h3-4,7,10-11,13H,5-6,8-9H2,1-2H3/t10-,11-/m0/s1. The van der Waals surface area contributed by atoms with Crippen molar-refractivity contribution >= 4 is 21.5 Å². The lowest BCUT2D eigenvalue weighted by molar-refractivity contribution is -0.0443. The van der Waals surface area contributed by atoms with Crippen LogP contribution in [0.15, 0.2) is 17.5 Å². The van der Waals surface area contributed by atoms with Crippen LogP contribution in [0, 0.1) is 0 Å². The number of rotatable bonds is 5. The normalized spacial score (nSPS) is 25.6. The minimum absolute atomic E-state index is 0.0578. The van der Waals surface area contributed by atoms with Gasteiger partial charge in [0.15, 0.2) is 0 Å². The molecule has 0 bridgehead atoms. The molecule has 1 saturated heterocycles. The molecule has 5 nitrogen and oxygen atoms in total. The average Bonchev–Trinajstić information content (AvgIpc) is 2.80. The lowest BCUT2D eigenvalue weighted by atomic mass is 10.3. The van der Waals surface area contributed by atoms with Gasteiger partial charge in [0.05, 0.1) is 12.2 Å². The molecule has 7 heteroatoms. The van der Waals surface area contributed by atoms with Crippen molar-refractivity contribution in [3.8, 4) is 0 Å². The van der Waals surface area contributed by atoms with E-state index in [4.69, 9.17) is 4.74 Å². The van der Waals surface area contributed by atoms with Crippen molar-refractivity contribution in [2.75, 3.05) is 19.6 Å². The number of nitrogens with one attached hydrogen (secondary N) is 1. The molecule has 108 valence electrons. The number of ether oxygens (including phenoxy) is 1. The van der Waals surface area contributed by atoms with Gasteiger partial charge < -0.3 is 4.74 Å². The van der Waals surface area contributed by atoms with Gasteiger partial charge in [0.2, 0.25) is 0 Å². The Morgan fingerprint density at radius 1 is 1.42 bits per heavy atom. The van der Waals surface area contributed by atoms with Crippen LogP contribution in [0.3, 0.4) is 0 Å². The molecule has 0 radical (unpaired) electrons. The second-order valence-electron chi connectivity index (χ2n) is 4.80. The van der Waals surface area contributed by atoms with Gasteiger partial charge in [-0.3, -0.25) is 0 Å². The third-order valence-corrected chi connectivity index (χ3v) is 5.45. The highest BCUT2D eigenvalue weighted by Crippen LogP contribution is 2.14. The van der Waals surface area contributed by atoms with Gasteiger partial charge in [-0.05, 0) is 31.7 Å². The minimum atomic E-state index is -3.39. The van der Waals surface area contributed by atoms with Crippen LogP contribution in [0.2, 0.25) is 0 Å². The molecular formula is C12H20N2O3S2. The van der Waals surface area contributed by atoms with Crippen LogP contribution in [0.25, 0.3) is 0 Å². The molecule has 0 aromatic carbocycles. The summed E-state index contributed by atoms with van der Waals surface area (Å²) in [6.07, 6.45) is 0.613. The van der Waals surface area contributed by atoms with Crippen molar-refractivity contribution in [3.05, 3.63) is 22.4 Å². The van der Waals surface area contributed by atoms with Gasteiger partial charge in [-0.25, -0.2) is 4.72 Å². The summed E-state index contributed by atoms with van der Waals surface area (Å²) in [7, 11) is -3.39. The van der Waals surface area contributed by atoms with Crippen LogP contribution in [0.4, 0.5) is 0 Å². The monoisotopic (exact) mass is 304 g/mol. The van der Waals surface area contributed by atoms with Gasteiger partial charge in [-0.2, -0.15) is 12.7 Å². The zero-order chi connectivity index (χ0) is 13.9. The van der Waals surface area contributed by atoms with Crippen LogP contribution >= 0.6 is 11.3 Å². The molecule has 2 heterocycles. The van der Waals surface area contributed by atoms with Gasteiger partial charge in [0.1, 0.15) is 0 Å². The summed E-state index contributed by atoms with van der Waals surface area (Å²) >= 11 is 1.64. The highest BCUT2D eigenvalue weighted by atomic mass is 32.2. The maximum Gasteiger partial charge on any atom is 0.279 e. The van der Waals surface area contributed by atoms with E-state index in [0.29, 0.717) is 19.6 Å². The smallest absolute Gasteiger partial charge is 0.279 e. The first-order chi connectivity index (χ1) is 8.97. The highest BCUT2D eigenvalue weighted by molar-refractivity contribution is 7.87. The molecule has 1 aliphatic heterocycles. The van der Waals surface area contributed by atoms with Crippen LogP contribution < -0.4 is 4.72 Å². The number of hydrogen-bond acceptors (Lipinski definition) is 4. The molecule has 1 N–H and O–H groups in total. The summed E-state index contributed by atoms with van der Waals surface area (Å²) in [4.78, 5) is 1.19. The third-order valence-electron chi connectivity index (χ3n) is 2.96. The molecule has 0 aliphatic carbocycles. The predicted octanol–water partition coefficient (Wildman–Crippen LogP) is 1.23. The van der Waals surface area contributed by atoms with E-state index in [1.807, 2.05) is 31.4 Å². The zero-order valence-electron chi connectivity index (χ0n) is 11.2. The first kappa shape index (κ1) is 14.9. The minimum Gasteiger partial charge on any atom is -0.373 e. The van der Waals surface area contributed by atoms with Crippen LogP contribution in [-0.2, 0) is 21.4 Å². The maximum absolute atomic E-state index is 12.2. The van der Waals surface area contributed by atoms with Gasteiger partial charge in [-0.15, -0.1) is 11.3 Å². The maximum atomic E-state index is 12.2. The Bertz CT molecular complexity index is 477. The SMILES string of the molecule is C[C@H]1CN(S(=O)(=O)NCCc2cccs2)C[C@H](C)O1. The van der Waals surface area contributed by atoms with E-state index >= 15 is 0 Å². The lowest BCUT2D eigenvalue weighted by Crippen LogP contribution is -2.52. The fraction of sp³-hybridized carbons (Fsp3) is 0.667. The first-order valence-electron chi connectivity index (χ1n) is 6.40. The van der Waals surface area contributed by atoms with Gasteiger partial charge in [0, 0.05) is 24.5 Å². The Hall–Kier alpha value is -0.470. The molecule has 1 aliphatic rings. The summed E-state index contributed by atoms with van der Waals surface area (Å²) < 4.78 is 34.0. The molecule has 0 saturated carbocycles. The van der Waals surface area contributed by atoms with Gasteiger partial charge in [-0.1, -0.05) is 6.07 Å². The molecule has 2 rings (SSSR count). The second kappa shape index (κ2) is 6.32. The summed E-state index contributed by atoms with van der Waals surface area (Å²) in [5.74, 6) is 0. The molecule has 0 amide bonds. The summed E-state index contributed by atoms with van der Waals surface area (Å²) in [6, 6.07) is 3.98. The topological polar surface area (TPSA) is 58.6 Å². The third kappa shape index (κ3) is 4.25. The van der Waals surface area contributed by atoms with E-state index in [9.17, 15) is 8.42 Å². The average molecular weight is 304 g/mol. The molecule has 2 atom stereocenters. The van der Waals surface area contributed by atoms with Gasteiger partial charge >= 0.3 is 0 Å². The first-order valence-corrected chi connectivity index (χ1v) is 8.72. The Morgan fingerprint density at radius 2 is 2.11 bits per heavy atom. The number of hydrogen-bond donors (Lipinski definition) is 1. The molecule has 0 unspecified atom stereocenters. The van der Waals surface area contributed by atoms with Crippen molar-refractivity contribution in [3.63, 3.8) is 0 Å². The van der Waals surface area contributed by atoms with Crippen molar-refractivity contribution in [1.82, 2.24) is 9.03 Å². The fourth-order valence-electron chi connectivity index (χ4n) is 2.18. The molecule has 19 heavy (non-hydrogen) atoms. The highest BCUT2D eigenvalue weighted by Gasteiger charge is 2.30. The van der Waals surface area contributed by atoms with E-state index in [1.54, 1.807) is 11.3 Å². The molecule has 1 aromatic rings. The fourth-order valence-corrected chi connectivity index (χ4v) is 4.24. The zero-order valence-corrected chi connectivity index (χ0v) is 12.8. The second-order valence-corrected chi connectivity index (χ2v) is 7.59. The van der Waals surface area contributed by atoms with Crippen LogP contribution in [-0.4, -0.2) is 44.6 Å².